The molecule has 0 bridgehead atoms. The summed E-state index contributed by atoms with van der Waals surface area (Å²) in [5, 5.41) is 14.0. The number of nitro benzene ring substituents is 1. The molecule has 0 radical (unpaired) electrons. The molecule has 0 aliphatic carbocycles. The zero-order valence-corrected chi connectivity index (χ0v) is 11.4. The minimum absolute atomic E-state index is 0.0230. The maximum Gasteiger partial charge on any atom is 0.311 e. The summed E-state index contributed by atoms with van der Waals surface area (Å²) in [5.74, 6) is 0.269. The Bertz CT molecular complexity index is 514. The Morgan fingerprint density at radius 2 is 2.35 bits per heavy atom. The molecule has 1 aromatic carbocycles. The maximum absolute atomic E-state index is 10.8. The van der Waals surface area contributed by atoms with Crippen LogP contribution in [0.1, 0.15) is 12.8 Å². The van der Waals surface area contributed by atoms with E-state index in [4.69, 9.17) is 9.47 Å². The average Bonchev–Trinajstić information content (AvgIpc) is 2.48. The summed E-state index contributed by atoms with van der Waals surface area (Å²) in [6, 6.07) is 4.80. The molecule has 0 spiro atoms. The molecule has 0 fully saturated rings. The first-order chi connectivity index (χ1) is 9.70. The molecule has 20 heavy (non-hydrogen) atoms. The third-order valence-electron chi connectivity index (χ3n) is 3.21. The van der Waals surface area contributed by atoms with Crippen molar-refractivity contribution >= 4 is 11.4 Å². The van der Waals surface area contributed by atoms with Gasteiger partial charge in [-0.15, -0.1) is 0 Å². The molecule has 1 aromatic rings. The van der Waals surface area contributed by atoms with Gasteiger partial charge < -0.3 is 14.8 Å². The van der Waals surface area contributed by atoms with Gasteiger partial charge in [-0.3, -0.25) is 10.1 Å². The molecule has 0 saturated heterocycles. The van der Waals surface area contributed by atoms with E-state index in [0.29, 0.717) is 6.61 Å². The summed E-state index contributed by atoms with van der Waals surface area (Å²) in [7, 11) is 1.43. The van der Waals surface area contributed by atoms with Gasteiger partial charge in [0.25, 0.3) is 0 Å². The molecule has 0 atom stereocenters. The van der Waals surface area contributed by atoms with Gasteiger partial charge in [0.1, 0.15) is 0 Å². The Balaban J connectivity index is 1.92. The number of ether oxygens (including phenoxy) is 2. The van der Waals surface area contributed by atoms with Crippen LogP contribution in [0.2, 0.25) is 0 Å². The van der Waals surface area contributed by atoms with E-state index in [1.165, 1.54) is 18.7 Å². The first-order valence-corrected chi connectivity index (χ1v) is 6.52. The standard InChI is InChI=1S/C14H18N2O4/c1-19-14-10-12(2-3-13(14)16(17)18)15-7-4-11-5-8-20-9-6-11/h2-3,5,10,15H,4,6-9H2,1H3. The number of benzene rings is 1. The van der Waals surface area contributed by atoms with Crippen molar-refractivity contribution in [3.63, 3.8) is 0 Å². The van der Waals surface area contributed by atoms with Gasteiger partial charge in [-0.25, -0.2) is 0 Å². The second-order valence-electron chi connectivity index (χ2n) is 4.51. The Morgan fingerprint density at radius 1 is 1.50 bits per heavy atom. The third kappa shape index (κ3) is 3.71. The van der Waals surface area contributed by atoms with Crippen molar-refractivity contribution in [3.05, 3.63) is 40.0 Å². The van der Waals surface area contributed by atoms with Crippen molar-refractivity contribution in [2.75, 3.05) is 32.2 Å². The van der Waals surface area contributed by atoms with Crippen LogP contribution in [0.4, 0.5) is 11.4 Å². The predicted molar refractivity (Wildman–Crippen MR) is 76.3 cm³/mol. The van der Waals surface area contributed by atoms with Crippen LogP contribution in [0.15, 0.2) is 29.8 Å². The number of nitrogens with one attached hydrogen (secondary N) is 1. The minimum atomic E-state index is -0.449. The summed E-state index contributed by atoms with van der Waals surface area (Å²) in [6.45, 7) is 2.27. The molecule has 6 heteroatoms. The predicted octanol–water partition coefficient (Wildman–Crippen LogP) is 2.75. The van der Waals surface area contributed by atoms with E-state index in [0.717, 1.165) is 31.7 Å². The van der Waals surface area contributed by atoms with E-state index >= 15 is 0 Å². The van der Waals surface area contributed by atoms with Crippen LogP contribution in [-0.2, 0) is 4.74 Å². The van der Waals surface area contributed by atoms with Gasteiger partial charge in [0.2, 0.25) is 0 Å². The first-order valence-electron chi connectivity index (χ1n) is 6.52. The van der Waals surface area contributed by atoms with Gasteiger partial charge in [-0.05, 0) is 18.9 Å². The van der Waals surface area contributed by atoms with Crippen molar-refractivity contribution in [2.24, 2.45) is 0 Å². The van der Waals surface area contributed by atoms with Crippen LogP contribution < -0.4 is 10.1 Å². The summed E-state index contributed by atoms with van der Waals surface area (Å²) < 4.78 is 10.3. The largest absolute Gasteiger partial charge is 0.490 e. The van der Waals surface area contributed by atoms with Crippen LogP contribution in [0.3, 0.4) is 0 Å². The van der Waals surface area contributed by atoms with Crippen LogP contribution >= 0.6 is 0 Å². The lowest BCUT2D eigenvalue weighted by molar-refractivity contribution is -0.385. The van der Waals surface area contributed by atoms with Crippen LogP contribution in [0.5, 0.6) is 5.75 Å². The number of nitro groups is 1. The number of hydrogen-bond acceptors (Lipinski definition) is 5. The summed E-state index contributed by atoms with van der Waals surface area (Å²) in [5.41, 5.74) is 2.18. The van der Waals surface area contributed by atoms with E-state index in [1.807, 2.05) is 0 Å². The first kappa shape index (κ1) is 14.3. The zero-order valence-electron chi connectivity index (χ0n) is 11.4. The Kier molecular flexibility index (Phi) is 4.95. The van der Waals surface area contributed by atoms with E-state index in [1.54, 1.807) is 12.1 Å². The Hall–Kier alpha value is -2.08. The fraction of sp³-hybridized carbons (Fsp3) is 0.429. The Morgan fingerprint density at radius 3 is 3.00 bits per heavy atom. The lowest BCUT2D eigenvalue weighted by Gasteiger charge is -2.14. The molecule has 1 heterocycles. The van der Waals surface area contributed by atoms with Crippen molar-refractivity contribution in [2.45, 2.75) is 12.8 Å². The highest BCUT2D eigenvalue weighted by Gasteiger charge is 2.14. The van der Waals surface area contributed by atoms with Gasteiger partial charge >= 0.3 is 5.69 Å². The number of anilines is 1. The molecule has 1 aliphatic rings. The highest BCUT2D eigenvalue weighted by molar-refractivity contribution is 5.57. The summed E-state index contributed by atoms with van der Waals surface area (Å²) in [4.78, 5) is 10.3. The molecule has 1 aliphatic heterocycles. The highest BCUT2D eigenvalue weighted by Crippen LogP contribution is 2.29. The van der Waals surface area contributed by atoms with Gasteiger partial charge in [0, 0.05) is 24.4 Å². The maximum atomic E-state index is 10.8. The smallest absolute Gasteiger partial charge is 0.311 e. The normalized spacial score (nSPS) is 14.6. The molecule has 0 aromatic heterocycles. The summed E-state index contributed by atoms with van der Waals surface area (Å²) >= 11 is 0. The molecule has 6 nitrogen and oxygen atoms in total. The van der Waals surface area contributed by atoms with Crippen molar-refractivity contribution < 1.29 is 14.4 Å². The van der Waals surface area contributed by atoms with Crippen molar-refractivity contribution in [3.8, 4) is 5.75 Å². The van der Waals surface area contributed by atoms with Gasteiger partial charge in [0.15, 0.2) is 5.75 Å². The second-order valence-corrected chi connectivity index (χ2v) is 4.51. The zero-order chi connectivity index (χ0) is 14.4. The van der Waals surface area contributed by atoms with Gasteiger partial charge in [0.05, 0.1) is 25.2 Å². The van der Waals surface area contributed by atoms with E-state index in [9.17, 15) is 10.1 Å². The molecule has 0 amide bonds. The third-order valence-corrected chi connectivity index (χ3v) is 3.21. The van der Waals surface area contributed by atoms with Crippen LogP contribution in [0, 0.1) is 10.1 Å². The lowest BCUT2D eigenvalue weighted by Crippen LogP contribution is -2.09. The van der Waals surface area contributed by atoms with E-state index in [-0.39, 0.29) is 11.4 Å². The summed E-state index contributed by atoms with van der Waals surface area (Å²) in [6.07, 6.45) is 4.04. The number of rotatable bonds is 6. The number of methoxy groups -OCH3 is 1. The number of nitrogens with zero attached hydrogens (tertiary/aromatic N) is 1. The topological polar surface area (TPSA) is 73.6 Å². The van der Waals surface area contributed by atoms with Gasteiger partial charge in [-0.2, -0.15) is 0 Å². The lowest BCUT2D eigenvalue weighted by atomic mass is 10.1. The molecular formula is C14H18N2O4. The van der Waals surface area contributed by atoms with Gasteiger partial charge in [-0.1, -0.05) is 11.6 Å². The minimum Gasteiger partial charge on any atom is -0.490 e. The molecule has 108 valence electrons. The fourth-order valence-electron chi connectivity index (χ4n) is 2.10. The second kappa shape index (κ2) is 6.91. The average molecular weight is 278 g/mol. The van der Waals surface area contributed by atoms with Crippen LogP contribution in [0.25, 0.3) is 0 Å². The SMILES string of the molecule is COc1cc(NCCC2=CCOCC2)ccc1[N+](=O)[O-]. The molecule has 1 N–H and O–H groups in total. The highest BCUT2D eigenvalue weighted by atomic mass is 16.6. The molecule has 0 saturated carbocycles. The van der Waals surface area contributed by atoms with Crippen LogP contribution in [-0.4, -0.2) is 31.8 Å². The van der Waals surface area contributed by atoms with Crippen molar-refractivity contribution in [1.29, 1.82) is 0 Å². The monoisotopic (exact) mass is 278 g/mol. The van der Waals surface area contributed by atoms with Crippen molar-refractivity contribution in [1.82, 2.24) is 0 Å². The fourth-order valence-corrected chi connectivity index (χ4v) is 2.10. The Labute approximate surface area is 117 Å². The molecular weight excluding hydrogens is 260 g/mol. The van der Waals surface area contributed by atoms with E-state index < -0.39 is 4.92 Å². The quantitative estimate of drug-likeness (QED) is 0.492. The molecule has 0 unspecified atom stereocenters. The van der Waals surface area contributed by atoms with E-state index in [2.05, 4.69) is 11.4 Å². The molecule has 2 rings (SSSR count). The number of hydrogen-bond donors (Lipinski definition) is 1.